The molecule has 0 bridgehead atoms. The van der Waals surface area contributed by atoms with Crippen LogP contribution in [0, 0.1) is 0 Å². The van der Waals surface area contributed by atoms with Gasteiger partial charge in [-0.2, -0.15) is 0 Å². The molecule has 2 aromatic rings. The molecular weight excluding hydrogens is 248 g/mol. The number of nitrogen functional groups attached to an aromatic ring is 1. The Balaban J connectivity index is 1.87. The van der Waals surface area contributed by atoms with E-state index in [0.717, 1.165) is 30.6 Å². The summed E-state index contributed by atoms with van der Waals surface area (Å²) in [5.74, 6) is 0.271. The maximum absolute atomic E-state index is 11.9. The molecule has 2 N–H and O–H groups in total. The van der Waals surface area contributed by atoms with E-state index >= 15 is 0 Å². The minimum Gasteiger partial charge on any atom is -0.399 e. The third-order valence-corrected chi connectivity index (χ3v) is 4.27. The molecule has 1 amide bonds. The van der Waals surface area contributed by atoms with Crippen molar-refractivity contribution in [3.05, 3.63) is 47.5 Å². The van der Waals surface area contributed by atoms with E-state index in [2.05, 4.69) is 18.2 Å². The Kier molecular flexibility index (Phi) is 2.36. The third kappa shape index (κ3) is 1.63. The largest absolute Gasteiger partial charge is 0.399 e. The van der Waals surface area contributed by atoms with E-state index in [0.29, 0.717) is 6.42 Å². The quantitative estimate of drug-likeness (QED) is 0.805. The van der Waals surface area contributed by atoms with Crippen LogP contribution in [0.1, 0.15) is 17.5 Å². The second-order valence-electron chi connectivity index (χ2n) is 5.56. The van der Waals surface area contributed by atoms with Crippen molar-refractivity contribution in [1.82, 2.24) is 0 Å². The number of carbonyl (C=O) groups excluding carboxylic acids is 1. The lowest BCUT2D eigenvalue weighted by Crippen LogP contribution is -2.32. The highest BCUT2D eigenvalue weighted by Gasteiger charge is 2.31. The van der Waals surface area contributed by atoms with Crippen molar-refractivity contribution in [1.29, 1.82) is 0 Å². The molecule has 0 fully saturated rings. The van der Waals surface area contributed by atoms with Crippen molar-refractivity contribution in [2.24, 2.45) is 0 Å². The number of hydrogen-bond donors (Lipinski definition) is 1. The Bertz CT molecular complexity index is 721. The van der Waals surface area contributed by atoms with Gasteiger partial charge in [0.25, 0.3) is 0 Å². The number of nitrogens with two attached hydrogens (primary N) is 1. The number of anilines is 2. The van der Waals surface area contributed by atoms with E-state index in [1.165, 1.54) is 22.4 Å². The van der Waals surface area contributed by atoms with Crippen molar-refractivity contribution in [3.8, 4) is 11.1 Å². The second kappa shape index (κ2) is 4.10. The molecule has 0 saturated heterocycles. The van der Waals surface area contributed by atoms with E-state index in [4.69, 9.17) is 5.73 Å². The molecule has 2 heterocycles. The summed E-state index contributed by atoms with van der Waals surface area (Å²) in [6, 6.07) is 12.4. The van der Waals surface area contributed by atoms with Gasteiger partial charge in [0.05, 0.1) is 5.69 Å². The standard InChI is InChI=1S/C17H16N2O/c18-15-3-1-2-11(10-15)14-8-12-4-5-16(20)19-7-6-13(9-14)17(12)19/h1-3,8-10H,4-7,18H2. The summed E-state index contributed by atoms with van der Waals surface area (Å²) >= 11 is 0. The van der Waals surface area contributed by atoms with Crippen LogP contribution < -0.4 is 10.6 Å². The van der Waals surface area contributed by atoms with Gasteiger partial charge < -0.3 is 10.6 Å². The van der Waals surface area contributed by atoms with Gasteiger partial charge in [-0.15, -0.1) is 0 Å². The highest BCUT2D eigenvalue weighted by Crippen LogP contribution is 2.39. The van der Waals surface area contributed by atoms with Crippen LogP contribution in [0.2, 0.25) is 0 Å². The zero-order chi connectivity index (χ0) is 13.7. The van der Waals surface area contributed by atoms with E-state index in [-0.39, 0.29) is 5.91 Å². The first-order chi connectivity index (χ1) is 9.72. The molecule has 3 heteroatoms. The number of aryl methyl sites for hydroxylation is 1. The molecule has 3 nitrogen and oxygen atoms in total. The fourth-order valence-corrected chi connectivity index (χ4v) is 3.34. The summed E-state index contributed by atoms with van der Waals surface area (Å²) in [5.41, 5.74) is 12.8. The minimum atomic E-state index is 0.271. The number of carbonyl (C=O) groups is 1. The molecule has 2 aromatic carbocycles. The van der Waals surface area contributed by atoms with Gasteiger partial charge in [0, 0.05) is 18.7 Å². The number of rotatable bonds is 1. The van der Waals surface area contributed by atoms with Crippen LogP contribution >= 0.6 is 0 Å². The lowest BCUT2D eigenvalue weighted by molar-refractivity contribution is -0.118. The van der Waals surface area contributed by atoms with Gasteiger partial charge in [0.2, 0.25) is 5.91 Å². The summed E-state index contributed by atoms with van der Waals surface area (Å²) in [5, 5.41) is 0. The molecule has 4 rings (SSSR count). The fourth-order valence-electron chi connectivity index (χ4n) is 3.34. The molecule has 0 aliphatic carbocycles. The minimum absolute atomic E-state index is 0.271. The van der Waals surface area contributed by atoms with Gasteiger partial charge >= 0.3 is 0 Å². The van der Waals surface area contributed by atoms with Crippen LogP contribution in [0.5, 0.6) is 0 Å². The van der Waals surface area contributed by atoms with Crippen LogP contribution in [0.4, 0.5) is 11.4 Å². The predicted molar refractivity (Wildman–Crippen MR) is 80.7 cm³/mol. The van der Waals surface area contributed by atoms with Gasteiger partial charge in [-0.25, -0.2) is 0 Å². The van der Waals surface area contributed by atoms with Gasteiger partial charge in [0.1, 0.15) is 0 Å². The summed E-state index contributed by atoms with van der Waals surface area (Å²) in [4.78, 5) is 13.9. The Morgan fingerprint density at radius 2 is 1.75 bits per heavy atom. The Hall–Kier alpha value is -2.29. The van der Waals surface area contributed by atoms with Crippen molar-refractivity contribution in [2.75, 3.05) is 17.2 Å². The van der Waals surface area contributed by atoms with Gasteiger partial charge in [0.15, 0.2) is 0 Å². The molecule has 20 heavy (non-hydrogen) atoms. The summed E-state index contributed by atoms with van der Waals surface area (Å²) in [6.07, 6.45) is 2.45. The van der Waals surface area contributed by atoms with Crippen LogP contribution in [-0.4, -0.2) is 12.5 Å². The highest BCUT2D eigenvalue weighted by molar-refractivity contribution is 5.99. The van der Waals surface area contributed by atoms with Crippen molar-refractivity contribution < 1.29 is 4.79 Å². The summed E-state index contributed by atoms with van der Waals surface area (Å²) in [7, 11) is 0. The van der Waals surface area contributed by atoms with Gasteiger partial charge in [-0.3, -0.25) is 4.79 Å². The van der Waals surface area contributed by atoms with Gasteiger partial charge in [-0.1, -0.05) is 12.1 Å². The Morgan fingerprint density at radius 3 is 2.55 bits per heavy atom. The van der Waals surface area contributed by atoms with Crippen LogP contribution in [0.25, 0.3) is 11.1 Å². The molecular formula is C17H16N2O. The SMILES string of the molecule is Nc1cccc(-c2cc3c4c(c2)CCN4C(=O)CC3)c1. The van der Waals surface area contributed by atoms with Crippen molar-refractivity contribution >= 4 is 17.3 Å². The summed E-state index contributed by atoms with van der Waals surface area (Å²) in [6.45, 7) is 0.835. The molecule has 2 aliphatic heterocycles. The number of nitrogens with zero attached hydrogens (tertiary/aromatic N) is 1. The van der Waals surface area contributed by atoms with E-state index < -0.39 is 0 Å². The Morgan fingerprint density at radius 1 is 0.950 bits per heavy atom. The normalized spacial score (nSPS) is 16.4. The molecule has 2 aliphatic rings. The van der Waals surface area contributed by atoms with E-state index in [1.807, 2.05) is 23.1 Å². The van der Waals surface area contributed by atoms with E-state index in [1.54, 1.807) is 0 Å². The lowest BCUT2D eigenvalue weighted by atomic mass is 9.93. The van der Waals surface area contributed by atoms with Crippen molar-refractivity contribution in [2.45, 2.75) is 19.3 Å². The monoisotopic (exact) mass is 264 g/mol. The predicted octanol–water partition coefficient (Wildman–Crippen LogP) is 2.77. The third-order valence-electron chi connectivity index (χ3n) is 4.27. The first-order valence-electron chi connectivity index (χ1n) is 7.04. The average Bonchev–Trinajstić information content (AvgIpc) is 2.88. The van der Waals surface area contributed by atoms with Crippen molar-refractivity contribution in [3.63, 3.8) is 0 Å². The molecule has 0 atom stereocenters. The molecule has 0 aromatic heterocycles. The first-order valence-corrected chi connectivity index (χ1v) is 7.04. The molecule has 0 unspecified atom stereocenters. The van der Waals surface area contributed by atoms with Gasteiger partial charge in [-0.05, 0) is 59.4 Å². The zero-order valence-electron chi connectivity index (χ0n) is 11.2. The average molecular weight is 264 g/mol. The second-order valence-corrected chi connectivity index (χ2v) is 5.56. The maximum atomic E-state index is 11.9. The first kappa shape index (κ1) is 11.5. The Labute approximate surface area is 118 Å². The molecule has 0 spiro atoms. The highest BCUT2D eigenvalue weighted by atomic mass is 16.2. The molecule has 100 valence electrons. The van der Waals surface area contributed by atoms with E-state index in [9.17, 15) is 4.79 Å². The van der Waals surface area contributed by atoms with Crippen LogP contribution in [0.3, 0.4) is 0 Å². The smallest absolute Gasteiger partial charge is 0.227 e. The van der Waals surface area contributed by atoms with Crippen LogP contribution in [-0.2, 0) is 17.6 Å². The number of benzene rings is 2. The fraction of sp³-hybridized carbons (Fsp3) is 0.235. The number of hydrogen-bond acceptors (Lipinski definition) is 2. The summed E-state index contributed by atoms with van der Waals surface area (Å²) < 4.78 is 0. The number of amides is 1. The maximum Gasteiger partial charge on any atom is 0.227 e. The van der Waals surface area contributed by atoms with Crippen LogP contribution in [0.15, 0.2) is 36.4 Å². The molecule has 0 saturated carbocycles. The zero-order valence-corrected chi connectivity index (χ0v) is 11.2. The lowest BCUT2D eigenvalue weighted by Gasteiger charge is -2.25. The molecule has 0 radical (unpaired) electrons. The topological polar surface area (TPSA) is 46.3 Å².